The van der Waals surface area contributed by atoms with Gasteiger partial charge in [-0.2, -0.15) is 0 Å². The second-order valence-electron chi connectivity index (χ2n) is 3.50. The number of hydrogen-bond donors (Lipinski definition) is 2. The van der Waals surface area contributed by atoms with Crippen molar-refractivity contribution >= 4 is 34.5 Å². The zero-order valence-corrected chi connectivity index (χ0v) is 11.0. The molecule has 1 aromatic heterocycles. The lowest BCUT2D eigenvalue weighted by Crippen LogP contribution is -2.18. The van der Waals surface area contributed by atoms with Crippen molar-refractivity contribution in [3.63, 3.8) is 0 Å². The molecule has 4 nitrogen and oxygen atoms in total. The molecule has 1 aromatic rings. The van der Waals surface area contributed by atoms with Gasteiger partial charge in [0.05, 0.1) is 11.0 Å². The van der Waals surface area contributed by atoms with E-state index >= 15 is 0 Å². The van der Waals surface area contributed by atoms with E-state index in [-0.39, 0.29) is 5.12 Å². The molecule has 0 saturated carbocycles. The Hall–Kier alpha value is -0.690. The number of carbonyl (C=O) groups is 2. The fraction of sp³-hybridized carbons (Fsp3) is 0.455. The molecule has 0 spiro atoms. The summed E-state index contributed by atoms with van der Waals surface area (Å²) in [6, 6.07) is 3.23. The minimum Gasteiger partial charge on any atom is -0.390 e. The van der Waals surface area contributed by atoms with Crippen LogP contribution in [0.2, 0.25) is 0 Å². The van der Waals surface area contributed by atoms with E-state index in [9.17, 15) is 19.8 Å². The summed E-state index contributed by atoms with van der Waals surface area (Å²) in [4.78, 5) is 22.3. The minimum absolute atomic E-state index is 0.00828. The van der Waals surface area contributed by atoms with Crippen molar-refractivity contribution in [2.24, 2.45) is 0 Å². The molecule has 0 aliphatic carbocycles. The average Bonchev–Trinajstić information content (AvgIpc) is 2.75. The summed E-state index contributed by atoms with van der Waals surface area (Å²) < 4.78 is 0. The van der Waals surface area contributed by atoms with E-state index in [1.807, 2.05) is 0 Å². The van der Waals surface area contributed by atoms with Crippen molar-refractivity contribution in [3.05, 3.63) is 21.9 Å². The molecule has 17 heavy (non-hydrogen) atoms. The van der Waals surface area contributed by atoms with E-state index in [0.29, 0.717) is 28.2 Å². The van der Waals surface area contributed by atoms with Crippen LogP contribution in [0.5, 0.6) is 0 Å². The van der Waals surface area contributed by atoms with E-state index in [4.69, 9.17) is 0 Å². The van der Waals surface area contributed by atoms with E-state index in [1.54, 1.807) is 12.1 Å². The third-order valence-electron chi connectivity index (χ3n) is 2.14. The highest BCUT2D eigenvalue weighted by atomic mass is 32.2. The number of thioether (sulfide) groups is 1. The van der Waals surface area contributed by atoms with Crippen LogP contribution < -0.4 is 0 Å². The van der Waals surface area contributed by atoms with Crippen LogP contribution in [0.3, 0.4) is 0 Å². The highest BCUT2D eigenvalue weighted by Crippen LogP contribution is 2.26. The van der Waals surface area contributed by atoms with Crippen molar-refractivity contribution in [3.8, 4) is 0 Å². The van der Waals surface area contributed by atoms with Gasteiger partial charge in [0.2, 0.25) is 0 Å². The summed E-state index contributed by atoms with van der Waals surface area (Å²) in [7, 11) is 0. The standard InChI is InChI=1S/C11H14O4S2/c1-7(13)16-5-4-9(14)11(15)10-3-2-8(6-12)17-10/h2-3,6,9,11,14-15H,4-5H2,1H3. The quantitative estimate of drug-likeness (QED) is 0.771. The van der Waals surface area contributed by atoms with Crippen LogP contribution in [0.1, 0.15) is 34.0 Å². The van der Waals surface area contributed by atoms with Gasteiger partial charge < -0.3 is 10.2 Å². The number of aliphatic hydroxyl groups excluding tert-OH is 2. The van der Waals surface area contributed by atoms with Gasteiger partial charge in [0.15, 0.2) is 11.4 Å². The summed E-state index contributed by atoms with van der Waals surface area (Å²) >= 11 is 2.28. The van der Waals surface area contributed by atoms with Gasteiger partial charge in [0.1, 0.15) is 6.10 Å². The first-order valence-corrected chi connectivity index (χ1v) is 6.89. The van der Waals surface area contributed by atoms with E-state index in [2.05, 4.69) is 0 Å². The van der Waals surface area contributed by atoms with Crippen molar-refractivity contribution in [2.45, 2.75) is 25.6 Å². The molecular formula is C11H14O4S2. The Morgan fingerprint density at radius 3 is 2.76 bits per heavy atom. The molecule has 1 rings (SSSR count). The molecule has 2 N–H and O–H groups in total. The van der Waals surface area contributed by atoms with Crippen LogP contribution in [0, 0.1) is 0 Å². The molecule has 0 saturated heterocycles. The maximum atomic E-state index is 10.7. The minimum atomic E-state index is -0.999. The summed E-state index contributed by atoms with van der Waals surface area (Å²) in [6.45, 7) is 1.46. The highest BCUT2D eigenvalue weighted by Gasteiger charge is 2.20. The average molecular weight is 274 g/mol. The van der Waals surface area contributed by atoms with Gasteiger partial charge >= 0.3 is 0 Å². The molecule has 1 heterocycles. The fourth-order valence-corrected chi connectivity index (χ4v) is 2.78. The summed E-state index contributed by atoms with van der Waals surface area (Å²) in [5.41, 5.74) is 0. The molecule has 0 amide bonds. The molecule has 2 unspecified atom stereocenters. The van der Waals surface area contributed by atoms with E-state index in [1.165, 1.54) is 6.92 Å². The van der Waals surface area contributed by atoms with Gasteiger partial charge in [-0.25, -0.2) is 0 Å². The number of aliphatic hydroxyl groups is 2. The van der Waals surface area contributed by atoms with Crippen molar-refractivity contribution in [2.75, 3.05) is 5.75 Å². The highest BCUT2D eigenvalue weighted by molar-refractivity contribution is 8.13. The summed E-state index contributed by atoms with van der Waals surface area (Å²) in [6.07, 6.45) is -0.875. The van der Waals surface area contributed by atoms with Gasteiger partial charge in [0.25, 0.3) is 0 Å². The normalized spacial score (nSPS) is 14.3. The van der Waals surface area contributed by atoms with Gasteiger partial charge in [-0.15, -0.1) is 11.3 Å². The Labute approximate surface area is 108 Å². The molecule has 0 aliphatic heterocycles. The van der Waals surface area contributed by atoms with Crippen LogP contribution in [0.15, 0.2) is 12.1 Å². The monoisotopic (exact) mass is 274 g/mol. The molecule has 0 aliphatic rings. The number of rotatable bonds is 6. The third kappa shape index (κ3) is 4.59. The molecule has 2 atom stereocenters. The number of hydrogen-bond acceptors (Lipinski definition) is 6. The van der Waals surface area contributed by atoms with Gasteiger partial charge in [-0.3, -0.25) is 9.59 Å². The van der Waals surface area contributed by atoms with Crippen molar-refractivity contribution < 1.29 is 19.8 Å². The van der Waals surface area contributed by atoms with Crippen molar-refractivity contribution in [1.82, 2.24) is 0 Å². The van der Waals surface area contributed by atoms with E-state index < -0.39 is 12.2 Å². The maximum absolute atomic E-state index is 10.7. The first kappa shape index (κ1) is 14.4. The zero-order chi connectivity index (χ0) is 12.8. The first-order valence-electron chi connectivity index (χ1n) is 5.09. The predicted molar refractivity (Wildman–Crippen MR) is 68.4 cm³/mol. The van der Waals surface area contributed by atoms with Crippen LogP contribution >= 0.6 is 23.1 Å². The lowest BCUT2D eigenvalue weighted by molar-refractivity contribution is -0.109. The molecule has 0 radical (unpaired) electrons. The lowest BCUT2D eigenvalue weighted by atomic mass is 10.1. The smallest absolute Gasteiger partial charge is 0.185 e. The van der Waals surface area contributed by atoms with Crippen molar-refractivity contribution in [1.29, 1.82) is 0 Å². The summed E-state index contributed by atoms with van der Waals surface area (Å²) in [5.74, 6) is 0.472. The SMILES string of the molecule is CC(=O)SCCC(O)C(O)c1ccc(C=O)s1. The Balaban J connectivity index is 2.48. The zero-order valence-electron chi connectivity index (χ0n) is 9.33. The van der Waals surface area contributed by atoms with Crippen LogP contribution in [0.25, 0.3) is 0 Å². The molecule has 0 bridgehead atoms. The summed E-state index contributed by atoms with van der Waals surface area (Å²) in [5, 5.41) is 19.5. The van der Waals surface area contributed by atoms with Gasteiger partial charge in [0, 0.05) is 17.6 Å². The number of aldehydes is 1. The maximum Gasteiger partial charge on any atom is 0.185 e. The van der Waals surface area contributed by atoms with Crippen LogP contribution in [-0.4, -0.2) is 33.5 Å². The van der Waals surface area contributed by atoms with E-state index in [0.717, 1.165) is 23.1 Å². The topological polar surface area (TPSA) is 74.6 Å². The Bertz CT molecular complexity index is 389. The van der Waals surface area contributed by atoms with Gasteiger partial charge in [-0.05, 0) is 18.6 Å². The molecule has 0 aromatic carbocycles. The van der Waals surface area contributed by atoms with Gasteiger partial charge in [-0.1, -0.05) is 11.8 Å². The second kappa shape index (κ2) is 6.90. The van der Waals surface area contributed by atoms with Crippen LogP contribution in [0.4, 0.5) is 0 Å². The largest absolute Gasteiger partial charge is 0.390 e. The van der Waals surface area contributed by atoms with Crippen LogP contribution in [-0.2, 0) is 4.79 Å². The third-order valence-corrected chi connectivity index (χ3v) is 4.07. The Morgan fingerprint density at radius 1 is 1.53 bits per heavy atom. The molecule has 0 fully saturated rings. The second-order valence-corrected chi connectivity index (χ2v) is 5.92. The predicted octanol–water partition coefficient (Wildman–Crippen LogP) is 1.62. The molecule has 6 heteroatoms. The molecular weight excluding hydrogens is 260 g/mol. The number of thiophene rings is 1. The fourth-order valence-electron chi connectivity index (χ4n) is 1.26. The number of carbonyl (C=O) groups excluding carboxylic acids is 2. The molecule has 94 valence electrons. The lowest BCUT2D eigenvalue weighted by Gasteiger charge is -2.15. The Kier molecular flexibility index (Phi) is 5.84. The Morgan fingerprint density at radius 2 is 2.24 bits per heavy atom. The first-order chi connectivity index (χ1) is 8.04.